The molecular weight excluding hydrogens is 1080 g/mol. The number of amides is 9. The third kappa shape index (κ3) is 22.2. The molecule has 16 N–H and O–H groups in total. The minimum Gasteiger partial charge on any atom is -0.508 e. The highest BCUT2D eigenvalue weighted by atomic mass is 32.2. The number of carbonyl (C=O) groups excluding carboxylic acids is 9. The van der Waals surface area contributed by atoms with Crippen molar-refractivity contribution in [1.82, 2.24) is 47.5 Å². The number of carboxylic acids is 1. The van der Waals surface area contributed by atoms with E-state index >= 15 is 0 Å². The molecule has 0 fully saturated rings. The van der Waals surface area contributed by atoms with Crippen molar-refractivity contribution in [2.24, 2.45) is 35.1 Å². The second kappa shape index (κ2) is 33.6. The Balaban J connectivity index is 1.95. The quantitative estimate of drug-likeness (QED) is 0.0393. The van der Waals surface area contributed by atoms with Crippen molar-refractivity contribution < 1.29 is 63.3 Å². The van der Waals surface area contributed by atoms with Crippen molar-refractivity contribution in [3.63, 3.8) is 0 Å². The molecule has 0 saturated heterocycles. The van der Waals surface area contributed by atoms with Crippen molar-refractivity contribution in [2.75, 3.05) is 12.0 Å². The molecular formula is C57H87N11O13S. The Labute approximate surface area is 483 Å². The average Bonchev–Trinajstić information content (AvgIpc) is 3.84. The van der Waals surface area contributed by atoms with Crippen LogP contribution in [0.15, 0.2) is 54.7 Å². The standard InChI is InChI=1S/C57H87N11O13S/c1-11-32(8)47(55(78)68-48(33(9)69)56(79)62-40(20-21-45(59)71)51(74)66-46(31(6)7)57(80)81)67-54(77)44(27-35-28-60-39-15-13-12-14-37(35)39)65-50(73)41(22-23-82-10)61-52(75)43(25-30(4)5)64-53(76)42(24-29(2)3)63-49(72)38(58)26-34-16-18-36(70)19-17-34/h12-19,28-33,38,40-44,46-48,60,69-70H,11,20-27,58H2,1-10H3,(H2,59,71)(H,61,75)(H,62,79)(H,63,72)(H,64,76)(H,65,73)(H,66,74)(H,67,77)(H,68,78)(H,80,81)/t32-,33+,38-,40-,41-,42-,43-,44-,46-,47-,48-/m0/s1. The number of hydrogen-bond donors (Lipinski definition) is 14. The molecule has 0 bridgehead atoms. The number of thioether (sulfide) groups is 1. The smallest absolute Gasteiger partial charge is 0.326 e. The number of carboxylic acid groups (broad SMARTS) is 1. The maximum Gasteiger partial charge on any atom is 0.326 e. The van der Waals surface area contributed by atoms with Gasteiger partial charge in [-0.15, -0.1) is 0 Å². The van der Waals surface area contributed by atoms with Crippen molar-refractivity contribution in [3.8, 4) is 5.75 Å². The first-order chi connectivity index (χ1) is 38.6. The van der Waals surface area contributed by atoms with E-state index < -0.39 is 138 Å². The van der Waals surface area contributed by atoms with Crippen molar-refractivity contribution in [2.45, 2.75) is 174 Å². The average molecular weight is 1170 g/mol. The van der Waals surface area contributed by atoms with Crippen LogP contribution in [-0.2, 0) is 60.8 Å². The molecule has 9 amide bonds. The summed E-state index contributed by atoms with van der Waals surface area (Å²) in [6.45, 7) is 15.1. The Morgan fingerprint density at radius 2 is 1.06 bits per heavy atom. The second-order valence-electron chi connectivity index (χ2n) is 22.1. The molecule has 0 spiro atoms. The summed E-state index contributed by atoms with van der Waals surface area (Å²) in [6.07, 6.45) is 1.83. The first-order valence-corrected chi connectivity index (χ1v) is 29.2. The summed E-state index contributed by atoms with van der Waals surface area (Å²) in [5, 5.41) is 52.1. The molecule has 1 heterocycles. The number of aromatic amines is 1. The SMILES string of the molecule is CC[C@H](C)[C@H](NC(=O)[C@H](Cc1c[nH]c2ccccc12)NC(=O)[C@H](CCSC)NC(=O)[C@H](CC(C)C)NC(=O)[C@H](CC(C)C)NC(=O)[C@@H](N)Cc1ccc(O)cc1)C(=O)N[C@H](C(=O)N[C@@H](CCC(N)=O)C(=O)N[C@H](C(=O)O)C(C)C)[C@@H](C)O. The number of aromatic nitrogens is 1. The maximum absolute atomic E-state index is 14.8. The van der Waals surface area contributed by atoms with Crippen LogP contribution in [-0.4, -0.2) is 152 Å². The summed E-state index contributed by atoms with van der Waals surface area (Å²) in [5.41, 5.74) is 13.6. The number of aromatic hydroxyl groups is 1. The van der Waals surface area contributed by atoms with Crippen LogP contribution in [0.5, 0.6) is 5.75 Å². The van der Waals surface area contributed by atoms with E-state index in [0.29, 0.717) is 23.3 Å². The van der Waals surface area contributed by atoms with E-state index in [4.69, 9.17) is 11.5 Å². The molecule has 454 valence electrons. The Morgan fingerprint density at radius 3 is 1.60 bits per heavy atom. The van der Waals surface area contributed by atoms with E-state index in [0.717, 1.165) is 10.9 Å². The van der Waals surface area contributed by atoms with Gasteiger partial charge < -0.3 is 74.3 Å². The summed E-state index contributed by atoms with van der Waals surface area (Å²) in [4.78, 5) is 140. The van der Waals surface area contributed by atoms with Crippen LogP contribution in [0.2, 0.25) is 0 Å². The number of carbonyl (C=O) groups is 10. The van der Waals surface area contributed by atoms with E-state index in [1.807, 2.05) is 45.9 Å². The van der Waals surface area contributed by atoms with Gasteiger partial charge in [0.25, 0.3) is 0 Å². The number of hydrogen-bond acceptors (Lipinski definition) is 14. The summed E-state index contributed by atoms with van der Waals surface area (Å²) in [6, 6.07) is 1.40. The summed E-state index contributed by atoms with van der Waals surface area (Å²) < 4.78 is 0. The minimum absolute atomic E-state index is 0.0492. The Bertz CT molecular complexity index is 2650. The zero-order valence-corrected chi connectivity index (χ0v) is 49.4. The number of primary amides is 1. The number of para-hydroxylation sites is 1. The van der Waals surface area contributed by atoms with Crippen LogP contribution in [0.1, 0.15) is 112 Å². The molecule has 11 atom stereocenters. The number of aliphatic carboxylic acids is 1. The predicted octanol–water partition coefficient (Wildman–Crippen LogP) is 1.14. The van der Waals surface area contributed by atoms with Gasteiger partial charge in [-0.1, -0.05) is 92.1 Å². The van der Waals surface area contributed by atoms with Crippen molar-refractivity contribution in [3.05, 3.63) is 65.9 Å². The van der Waals surface area contributed by atoms with Crippen LogP contribution in [0.4, 0.5) is 0 Å². The molecule has 0 radical (unpaired) electrons. The molecule has 82 heavy (non-hydrogen) atoms. The Kier molecular flexibility index (Phi) is 28.3. The lowest BCUT2D eigenvalue weighted by atomic mass is 9.96. The van der Waals surface area contributed by atoms with Crippen molar-refractivity contribution >= 4 is 81.8 Å². The van der Waals surface area contributed by atoms with Gasteiger partial charge in [0.15, 0.2) is 0 Å². The van der Waals surface area contributed by atoms with E-state index in [1.165, 1.54) is 30.8 Å². The van der Waals surface area contributed by atoms with Crippen LogP contribution in [0.25, 0.3) is 10.9 Å². The predicted molar refractivity (Wildman–Crippen MR) is 311 cm³/mol. The zero-order chi connectivity index (χ0) is 61.5. The number of phenols is 1. The van der Waals surface area contributed by atoms with Gasteiger partial charge in [0.1, 0.15) is 54.1 Å². The lowest BCUT2D eigenvalue weighted by molar-refractivity contribution is -0.144. The topological polar surface area (TPSA) is 395 Å². The fraction of sp³-hybridized carbons (Fsp3) is 0.579. The Morgan fingerprint density at radius 1 is 0.585 bits per heavy atom. The zero-order valence-electron chi connectivity index (χ0n) is 48.6. The number of H-pyrrole nitrogens is 1. The number of nitrogens with one attached hydrogen (secondary N) is 9. The summed E-state index contributed by atoms with van der Waals surface area (Å²) >= 11 is 1.39. The number of nitrogens with two attached hydrogens (primary N) is 2. The highest BCUT2D eigenvalue weighted by Crippen LogP contribution is 2.21. The normalized spacial score (nSPS) is 15.5. The molecule has 2 aromatic carbocycles. The Hall–Kier alpha value is -7.25. The van der Waals surface area contributed by atoms with Crippen LogP contribution >= 0.6 is 11.8 Å². The molecule has 0 aliphatic rings. The molecule has 25 heteroatoms. The number of aliphatic hydroxyl groups is 1. The number of phenolic OH excluding ortho intramolecular Hbond substituents is 1. The van der Waals surface area contributed by atoms with Crippen molar-refractivity contribution in [1.29, 1.82) is 0 Å². The summed E-state index contributed by atoms with van der Waals surface area (Å²) in [5.74, 6) is -9.72. The maximum atomic E-state index is 14.8. The van der Waals surface area contributed by atoms with Crippen LogP contribution in [0.3, 0.4) is 0 Å². The van der Waals surface area contributed by atoms with Gasteiger partial charge in [0.05, 0.1) is 12.1 Å². The largest absolute Gasteiger partial charge is 0.508 e. The number of rotatable bonds is 35. The third-order valence-electron chi connectivity index (χ3n) is 13.8. The number of aliphatic hydroxyl groups excluding tert-OH is 1. The monoisotopic (exact) mass is 1170 g/mol. The first-order valence-electron chi connectivity index (χ1n) is 27.8. The molecule has 3 rings (SSSR count). The van der Waals surface area contributed by atoms with Crippen LogP contribution < -0.4 is 54.0 Å². The highest BCUT2D eigenvalue weighted by Gasteiger charge is 2.38. The lowest BCUT2D eigenvalue weighted by Gasteiger charge is -2.30. The third-order valence-corrected chi connectivity index (χ3v) is 14.4. The molecule has 0 aliphatic carbocycles. The lowest BCUT2D eigenvalue weighted by Crippen LogP contribution is -2.63. The van der Waals surface area contributed by atoms with E-state index in [1.54, 1.807) is 58.3 Å². The molecule has 0 unspecified atom stereocenters. The van der Waals surface area contributed by atoms with Gasteiger partial charge in [0, 0.05) is 29.9 Å². The number of benzene rings is 2. The van der Waals surface area contributed by atoms with Gasteiger partial charge in [0.2, 0.25) is 53.2 Å². The van der Waals surface area contributed by atoms with E-state index in [2.05, 4.69) is 47.5 Å². The van der Waals surface area contributed by atoms with Gasteiger partial charge >= 0.3 is 5.97 Å². The fourth-order valence-electron chi connectivity index (χ4n) is 8.90. The van der Waals surface area contributed by atoms with Gasteiger partial charge in [-0.25, -0.2) is 4.79 Å². The molecule has 24 nitrogen and oxygen atoms in total. The number of fused-ring (bicyclic) bond motifs is 1. The highest BCUT2D eigenvalue weighted by molar-refractivity contribution is 7.98. The van der Waals surface area contributed by atoms with Gasteiger partial charge in [-0.05, 0) is 104 Å². The fourth-order valence-corrected chi connectivity index (χ4v) is 9.37. The summed E-state index contributed by atoms with van der Waals surface area (Å²) in [7, 11) is 0. The molecule has 0 aliphatic heterocycles. The molecule has 3 aromatic rings. The molecule has 1 aromatic heterocycles. The molecule has 0 saturated carbocycles. The van der Waals surface area contributed by atoms with Gasteiger partial charge in [-0.2, -0.15) is 11.8 Å². The first kappa shape index (κ1) is 69.0. The second-order valence-corrected chi connectivity index (χ2v) is 23.0. The van der Waals surface area contributed by atoms with Gasteiger partial charge in [-0.3, -0.25) is 43.2 Å². The van der Waals surface area contributed by atoms with E-state index in [9.17, 15) is 63.3 Å². The minimum atomic E-state index is -1.76. The van der Waals surface area contributed by atoms with E-state index in [-0.39, 0.29) is 56.1 Å². The van der Waals surface area contributed by atoms with Crippen LogP contribution in [0, 0.1) is 23.7 Å².